The molecule has 5 nitrogen and oxygen atoms in total. The molecule has 8 heteroatoms. The highest BCUT2D eigenvalue weighted by atomic mass is 79.9. The molecule has 0 spiro atoms. The minimum Gasteiger partial charge on any atom is -0.490 e. The lowest BCUT2D eigenvalue weighted by Crippen LogP contribution is -2.05. The van der Waals surface area contributed by atoms with E-state index in [2.05, 4.69) is 36.9 Å². The first-order valence-electron chi connectivity index (χ1n) is 10.1. The average Bonchev–Trinajstić information content (AvgIpc) is 3.15. The van der Waals surface area contributed by atoms with Gasteiger partial charge in [-0.3, -0.25) is 0 Å². The quantitative estimate of drug-likeness (QED) is 0.216. The van der Waals surface area contributed by atoms with E-state index in [0.717, 1.165) is 14.5 Å². The van der Waals surface area contributed by atoms with Gasteiger partial charge in [-0.05, 0) is 76.5 Å². The van der Waals surface area contributed by atoms with Crippen LogP contribution in [-0.4, -0.2) is 18.5 Å². The third-order valence-corrected chi connectivity index (χ3v) is 6.16. The lowest BCUT2D eigenvalue weighted by atomic mass is 10.1. The highest BCUT2D eigenvalue weighted by molar-refractivity contribution is 9.10. The summed E-state index contributed by atoms with van der Waals surface area (Å²) < 4.78 is 18.9. The summed E-state index contributed by atoms with van der Waals surface area (Å²) in [5, 5.41) is 0.367. The number of halogens is 3. The van der Waals surface area contributed by atoms with E-state index in [4.69, 9.17) is 25.8 Å². The van der Waals surface area contributed by atoms with Crippen molar-refractivity contribution in [2.75, 3.05) is 6.61 Å². The molecule has 3 aromatic carbocycles. The Bertz CT molecular complexity index is 1260. The number of hydrogen-bond acceptors (Lipinski definition) is 5. The van der Waals surface area contributed by atoms with E-state index in [0.29, 0.717) is 40.9 Å². The molecule has 0 saturated heterocycles. The van der Waals surface area contributed by atoms with E-state index in [1.165, 1.54) is 0 Å². The van der Waals surface area contributed by atoms with Crippen molar-refractivity contribution in [1.29, 1.82) is 0 Å². The normalized spacial score (nSPS) is 14.2. The van der Waals surface area contributed by atoms with Crippen LogP contribution in [0.2, 0.25) is 5.02 Å². The number of ether oxygens (including phenoxy) is 3. The van der Waals surface area contributed by atoms with Crippen molar-refractivity contribution in [3.05, 3.63) is 97.0 Å². The maximum Gasteiger partial charge on any atom is 0.363 e. The Labute approximate surface area is 213 Å². The Hall–Kier alpha value is -2.61. The molecule has 0 N–H and O–H groups in total. The second kappa shape index (κ2) is 10.5. The van der Waals surface area contributed by atoms with Crippen LogP contribution >= 0.6 is 43.5 Å². The van der Waals surface area contributed by atoms with Crippen LogP contribution in [0.1, 0.15) is 23.6 Å². The minimum absolute atomic E-state index is 0.169. The van der Waals surface area contributed by atoms with Gasteiger partial charge in [-0.1, -0.05) is 51.8 Å². The van der Waals surface area contributed by atoms with E-state index in [1.807, 2.05) is 55.5 Å². The molecular formula is C25H18Br2ClNO4. The van der Waals surface area contributed by atoms with Crippen molar-refractivity contribution in [3.63, 3.8) is 0 Å². The molecule has 33 heavy (non-hydrogen) atoms. The van der Waals surface area contributed by atoms with Gasteiger partial charge in [-0.2, -0.15) is 0 Å². The maximum absolute atomic E-state index is 12.4. The number of carbonyl (C=O) groups is 1. The number of benzene rings is 3. The first-order chi connectivity index (χ1) is 15.9. The van der Waals surface area contributed by atoms with Crippen molar-refractivity contribution in [1.82, 2.24) is 0 Å². The molecule has 0 aromatic heterocycles. The molecule has 0 fully saturated rings. The molecule has 0 atom stereocenters. The van der Waals surface area contributed by atoms with E-state index >= 15 is 0 Å². The molecule has 0 unspecified atom stereocenters. The molecule has 0 radical (unpaired) electrons. The van der Waals surface area contributed by atoms with E-state index in [9.17, 15) is 4.79 Å². The van der Waals surface area contributed by atoms with Gasteiger partial charge in [0.15, 0.2) is 17.2 Å². The topological polar surface area (TPSA) is 57.1 Å². The number of rotatable bonds is 7. The van der Waals surface area contributed by atoms with Crippen molar-refractivity contribution in [2.45, 2.75) is 13.5 Å². The van der Waals surface area contributed by atoms with Crippen LogP contribution in [0.5, 0.6) is 11.5 Å². The van der Waals surface area contributed by atoms with Gasteiger partial charge in [0.25, 0.3) is 0 Å². The summed E-state index contributed by atoms with van der Waals surface area (Å²) in [4.78, 5) is 16.8. The van der Waals surface area contributed by atoms with Crippen molar-refractivity contribution in [2.24, 2.45) is 4.99 Å². The zero-order valence-electron chi connectivity index (χ0n) is 17.5. The number of nitrogens with zero attached hydrogens (tertiary/aromatic N) is 1. The first kappa shape index (κ1) is 23.5. The number of carbonyl (C=O) groups excluding carboxylic acids is 1. The summed E-state index contributed by atoms with van der Waals surface area (Å²) in [5.41, 5.74) is 2.50. The monoisotopic (exact) mass is 589 g/mol. The second-order valence-electron chi connectivity index (χ2n) is 6.99. The Morgan fingerprint density at radius 2 is 1.82 bits per heavy atom. The number of aliphatic imine (C=N–C) groups is 1. The first-order valence-corrected chi connectivity index (χ1v) is 12.0. The molecule has 1 aliphatic heterocycles. The highest BCUT2D eigenvalue weighted by Crippen LogP contribution is 2.38. The number of esters is 1. The molecule has 4 rings (SSSR count). The van der Waals surface area contributed by atoms with Crippen LogP contribution in [0.3, 0.4) is 0 Å². The molecule has 3 aromatic rings. The van der Waals surface area contributed by atoms with Gasteiger partial charge in [-0.15, -0.1) is 0 Å². The standard InChI is InChI=1S/C25H18Br2ClNO4/c1-2-31-22-13-16(11-20(28)23(22)32-14-15-7-9-17(26)10-8-15)12-21-25(30)33-24(29-21)18-5-3-4-6-19(18)27/h3-13H,2,14H2,1H3/b21-12-. The molecule has 0 aliphatic carbocycles. The van der Waals surface area contributed by atoms with Crippen molar-refractivity contribution >= 4 is 61.4 Å². The van der Waals surface area contributed by atoms with Crippen LogP contribution in [-0.2, 0) is 16.1 Å². The Morgan fingerprint density at radius 1 is 1.06 bits per heavy atom. The van der Waals surface area contributed by atoms with Gasteiger partial charge in [0.1, 0.15) is 6.61 Å². The molecule has 0 saturated carbocycles. The molecule has 168 valence electrons. The van der Waals surface area contributed by atoms with Crippen LogP contribution in [0.25, 0.3) is 6.08 Å². The zero-order valence-corrected chi connectivity index (χ0v) is 21.4. The fourth-order valence-electron chi connectivity index (χ4n) is 3.13. The van der Waals surface area contributed by atoms with Gasteiger partial charge in [0.05, 0.1) is 17.2 Å². The summed E-state index contributed by atoms with van der Waals surface area (Å²) in [6.45, 7) is 2.64. The average molecular weight is 592 g/mol. The Kier molecular flexibility index (Phi) is 7.53. The Balaban J connectivity index is 1.61. The van der Waals surface area contributed by atoms with E-state index in [-0.39, 0.29) is 11.6 Å². The highest BCUT2D eigenvalue weighted by Gasteiger charge is 2.25. The Morgan fingerprint density at radius 3 is 2.55 bits per heavy atom. The van der Waals surface area contributed by atoms with Crippen molar-refractivity contribution in [3.8, 4) is 11.5 Å². The van der Waals surface area contributed by atoms with E-state index in [1.54, 1.807) is 18.2 Å². The second-order valence-corrected chi connectivity index (χ2v) is 9.17. The van der Waals surface area contributed by atoms with Crippen molar-refractivity contribution < 1.29 is 19.0 Å². The van der Waals surface area contributed by atoms with Crippen LogP contribution < -0.4 is 9.47 Å². The third kappa shape index (κ3) is 5.66. The van der Waals surface area contributed by atoms with Gasteiger partial charge in [-0.25, -0.2) is 9.79 Å². The van der Waals surface area contributed by atoms with Gasteiger partial charge >= 0.3 is 5.97 Å². The van der Waals surface area contributed by atoms with Crippen LogP contribution in [0.15, 0.2) is 80.3 Å². The summed E-state index contributed by atoms with van der Waals surface area (Å²) in [7, 11) is 0. The van der Waals surface area contributed by atoms with Gasteiger partial charge in [0.2, 0.25) is 5.90 Å². The minimum atomic E-state index is -0.537. The van der Waals surface area contributed by atoms with Crippen LogP contribution in [0, 0.1) is 0 Å². The molecule has 0 amide bonds. The number of hydrogen-bond donors (Lipinski definition) is 0. The summed E-state index contributed by atoms with van der Waals surface area (Å²) >= 11 is 13.4. The summed E-state index contributed by atoms with van der Waals surface area (Å²) in [5.74, 6) is 0.625. The predicted octanol–water partition coefficient (Wildman–Crippen LogP) is 7.19. The van der Waals surface area contributed by atoms with Gasteiger partial charge < -0.3 is 14.2 Å². The smallest absolute Gasteiger partial charge is 0.363 e. The molecule has 1 aliphatic rings. The zero-order chi connectivity index (χ0) is 23.4. The predicted molar refractivity (Wildman–Crippen MR) is 136 cm³/mol. The summed E-state index contributed by atoms with van der Waals surface area (Å²) in [6, 6.07) is 18.7. The lowest BCUT2D eigenvalue weighted by molar-refractivity contribution is -0.129. The van der Waals surface area contributed by atoms with Gasteiger partial charge in [0, 0.05) is 8.95 Å². The third-order valence-electron chi connectivity index (χ3n) is 4.66. The summed E-state index contributed by atoms with van der Waals surface area (Å²) in [6.07, 6.45) is 1.61. The number of cyclic esters (lactones) is 1. The fraction of sp³-hybridized carbons (Fsp3) is 0.120. The molecular weight excluding hydrogens is 574 g/mol. The SMILES string of the molecule is CCOc1cc(/C=C2\N=C(c3ccccc3Br)OC2=O)cc(Cl)c1OCc1ccc(Br)cc1. The fourth-order valence-corrected chi connectivity index (χ4v) is 4.12. The largest absolute Gasteiger partial charge is 0.490 e. The molecule has 1 heterocycles. The maximum atomic E-state index is 12.4. The lowest BCUT2D eigenvalue weighted by Gasteiger charge is -2.14. The van der Waals surface area contributed by atoms with E-state index < -0.39 is 5.97 Å². The molecule has 0 bridgehead atoms. The van der Waals surface area contributed by atoms with Crippen LogP contribution in [0.4, 0.5) is 0 Å².